The summed E-state index contributed by atoms with van der Waals surface area (Å²) in [7, 11) is 0. The molecule has 0 aliphatic carbocycles. The predicted octanol–water partition coefficient (Wildman–Crippen LogP) is 5.81. The lowest BCUT2D eigenvalue weighted by molar-refractivity contribution is 0.117. The van der Waals surface area contributed by atoms with E-state index in [4.69, 9.17) is 20.6 Å². The zero-order valence-corrected chi connectivity index (χ0v) is 20.3. The molecule has 5 heteroatoms. The van der Waals surface area contributed by atoms with Gasteiger partial charge in [0.15, 0.2) is 5.84 Å². The molecule has 0 spiro atoms. The van der Waals surface area contributed by atoms with Crippen LogP contribution >= 0.6 is 0 Å². The summed E-state index contributed by atoms with van der Waals surface area (Å²) >= 11 is 0. The Balaban J connectivity index is 1.23. The van der Waals surface area contributed by atoms with E-state index in [0.717, 1.165) is 68.4 Å². The number of nitrogens with zero attached hydrogens (tertiary/aromatic N) is 1. The quantitative estimate of drug-likeness (QED) is 0.292. The number of amidine groups is 2. The van der Waals surface area contributed by atoms with Gasteiger partial charge in [0.25, 0.3) is 0 Å². The Kier molecular flexibility index (Phi) is 9.21. The van der Waals surface area contributed by atoms with Crippen LogP contribution in [-0.4, -0.2) is 24.9 Å². The predicted molar refractivity (Wildman–Crippen MR) is 142 cm³/mol. The Morgan fingerprint density at radius 1 is 0.629 bits per heavy atom. The number of hydrogen-bond acceptors (Lipinski definition) is 4. The molecule has 3 aromatic rings. The van der Waals surface area contributed by atoms with E-state index in [-0.39, 0.29) is 0 Å². The van der Waals surface area contributed by atoms with E-state index in [1.807, 2.05) is 36.4 Å². The van der Waals surface area contributed by atoms with E-state index in [1.54, 1.807) is 0 Å². The summed E-state index contributed by atoms with van der Waals surface area (Å²) in [6.07, 6.45) is 5.80. The average Bonchev–Trinajstić information content (AvgIpc) is 3.19. The zero-order chi connectivity index (χ0) is 24.3. The highest BCUT2D eigenvalue weighted by molar-refractivity contribution is 6.22. The minimum atomic E-state index is 0.292. The molecule has 4 rings (SSSR count). The summed E-state index contributed by atoms with van der Waals surface area (Å²) in [5.74, 6) is 0.772. The fourth-order valence-electron chi connectivity index (χ4n) is 4.47. The van der Waals surface area contributed by atoms with E-state index >= 15 is 0 Å². The van der Waals surface area contributed by atoms with E-state index < -0.39 is 0 Å². The average molecular weight is 470 g/mol. The van der Waals surface area contributed by atoms with Gasteiger partial charge in [-0.25, -0.2) is 4.99 Å². The summed E-state index contributed by atoms with van der Waals surface area (Å²) < 4.78 is 11.6. The maximum Gasteiger partial charge on any atom is 0.155 e. The Bertz CT molecular complexity index is 1130. The molecule has 0 unspecified atom stereocenters. The van der Waals surface area contributed by atoms with Crippen LogP contribution in [0.2, 0.25) is 0 Å². The minimum absolute atomic E-state index is 0.292. The maximum absolute atomic E-state index is 8.38. The number of nitrogens with one attached hydrogen (secondary N) is 1. The summed E-state index contributed by atoms with van der Waals surface area (Å²) in [6, 6.07) is 24.8. The van der Waals surface area contributed by atoms with E-state index in [1.165, 1.54) is 16.7 Å². The largest absolute Gasteiger partial charge is 0.383 e. The third-order valence-electron chi connectivity index (χ3n) is 6.30. The van der Waals surface area contributed by atoms with Crippen LogP contribution in [0.25, 0.3) is 0 Å². The summed E-state index contributed by atoms with van der Waals surface area (Å²) in [4.78, 5) is 4.29. The lowest BCUT2D eigenvalue weighted by Gasteiger charge is -2.13. The molecular formula is C30H35N3O2. The molecule has 1 aliphatic rings. The molecule has 0 radical (unpaired) electrons. The lowest BCUT2D eigenvalue weighted by atomic mass is 9.91. The summed E-state index contributed by atoms with van der Waals surface area (Å²) in [5.41, 5.74) is 12.9. The fourth-order valence-corrected chi connectivity index (χ4v) is 4.47. The first-order chi connectivity index (χ1) is 17.2. The number of ether oxygens (including phenoxy) is 2. The van der Waals surface area contributed by atoms with Gasteiger partial charge in [0.1, 0.15) is 5.84 Å². The SMILES string of the molecule is N=C1N=C(N)c2c(CCCCOCc3ccccc3)ccc(CCCCOCc3ccccc3)c21. The maximum atomic E-state index is 8.38. The Labute approximate surface area is 208 Å². The standard InChI is InChI=1S/C30H35N3O2/c31-29-27-25(15-7-9-19-34-21-23-11-3-1-4-12-23)17-18-26(28(27)30(32)33-29)16-8-10-20-35-22-24-13-5-2-6-14-24/h1-6,11-14,17-18H,7-10,15-16,19-22H2,(H3,31,32,33). The summed E-state index contributed by atoms with van der Waals surface area (Å²) in [5, 5.41) is 8.38. The number of aryl methyl sites for hydroxylation is 2. The van der Waals surface area contributed by atoms with Crippen LogP contribution in [-0.2, 0) is 35.5 Å². The van der Waals surface area contributed by atoms with Crippen molar-refractivity contribution < 1.29 is 9.47 Å². The highest BCUT2D eigenvalue weighted by Crippen LogP contribution is 2.27. The molecule has 0 bridgehead atoms. The lowest BCUT2D eigenvalue weighted by Crippen LogP contribution is -2.14. The third kappa shape index (κ3) is 7.10. The highest BCUT2D eigenvalue weighted by Gasteiger charge is 2.24. The van der Waals surface area contributed by atoms with Gasteiger partial charge in [-0.05, 0) is 60.8 Å². The van der Waals surface area contributed by atoms with Crippen molar-refractivity contribution in [2.75, 3.05) is 13.2 Å². The van der Waals surface area contributed by atoms with Crippen LogP contribution in [0, 0.1) is 5.41 Å². The molecule has 1 heterocycles. The number of aliphatic imine (C=N–C) groups is 1. The van der Waals surface area contributed by atoms with Crippen LogP contribution < -0.4 is 5.73 Å². The molecule has 3 N–H and O–H groups in total. The number of rotatable bonds is 14. The summed E-state index contributed by atoms with van der Waals surface area (Å²) in [6.45, 7) is 2.77. The van der Waals surface area contributed by atoms with E-state index in [0.29, 0.717) is 24.9 Å². The normalized spacial score (nSPS) is 12.6. The van der Waals surface area contributed by atoms with Crippen molar-refractivity contribution in [2.45, 2.75) is 51.7 Å². The first kappa shape index (κ1) is 24.8. The fraction of sp³-hybridized carbons (Fsp3) is 0.333. The van der Waals surface area contributed by atoms with Crippen molar-refractivity contribution in [1.29, 1.82) is 5.41 Å². The monoisotopic (exact) mass is 469 g/mol. The van der Waals surface area contributed by atoms with E-state index in [9.17, 15) is 0 Å². The number of benzene rings is 3. The van der Waals surface area contributed by atoms with Crippen LogP contribution in [0.15, 0.2) is 77.8 Å². The van der Waals surface area contributed by atoms with Crippen molar-refractivity contribution >= 4 is 11.7 Å². The first-order valence-electron chi connectivity index (χ1n) is 12.5. The smallest absolute Gasteiger partial charge is 0.155 e. The van der Waals surface area contributed by atoms with Gasteiger partial charge < -0.3 is 15.2 Å². The molecule has 0 saturated carbocycles. The van der Waals surface area contributed by atoms with E-state index in [2.05, 4.69) is 41.4 Å². The van der Waals surface area contributed by atoms with Gasteiger partial charge in [0, 0.05) is 24.3 Å². The number of unbranched alkanes of at least 4 members (excludes halogenated alkanes) is 2. The van der Waals surface area contributed by atoms with Gasteiger partial charge >= 0.3 is 0 Å². The Morgan fingerprint density at radius 3 is 1.63 bits per heavy atom. The van der Waals surface area contributed by atoms with Crippen LogP contribution in [0.3, 0.4) is 0 Å². The van der Waals surface area contributed by atoms with Gasteiger partial charge in [0.05, 0.1) is 13.2 Å². The second kappa shape index (κ2) is 13.0. The molecule has 0 saturated heterocycles. The second-order valence-corrected chi connectivity index (χ2v) is 8.97. The van der Waals surface area contributed by atoms with Gasteiger partial charge in [-0.1, -0.05) is 72.8 Å². The minimum Gasteiger partial charge on any atom is -0.383 e. The van der Waals surface area contributed by atoms with Crippen LogP contribution in [0.4, 0.5) is 0 Å². The third-order valence-corrected chi connectivity index (χ3v) is 6.30. The molecule has 35 heavy (non-hydrogen) atoms. The van der Waals surface area contributed by atoms with Crippen molar-refractivity contribution in [2.24, 2.45) is 10.7 Å². The van der Waals surface area contributed by atoms with Crippen LogP contribution in [0.1, 0.15) is 59.1 Å². The molecule has 182 valence electrons. The molecule has 0 aromatic heterocycles. The van der Waals surface area contributed by atoms with Gasteiger partial charge in [-0.2, -0.15) is 0 Å². The molecular weight excluding hydrogens is 434 g/mol. The molecule has 0 amide bonds. The Morgan fingerprint density at radius 2 is 1.11 bits per heavy atom. The number of nitrogens with two attached hydrogens (primary N) is 1. The van der Waals surface area contributed by atoms with Gasteiger partial charge in [0.2, 0.25) is 0 Å². The number of hydrogen-bond donors (Lipinski definition) is 2. The van der Waals surface area contributed by atoms with Crippen molar-refractivity contribution in [3.05, 3.63) is 106 Å². The van der Waals surface area contributed by atoms with Crippen LogP contribution in [0.5, 0.6) is 0 Å². The zero-order valence-electron chi connectivity index (χ0n) is 20.3. The molecule has 0 atom stereocenters. The molecule has 1 aliphatic heterocycles. The van der Waals surface area contributed by atoms with Crippen molar-refractivity contribution in [3.63, 3.8) is 0 Å². The number of fused-ring (bicyclic) bond motifs is 1. The second-order valence-electron chi connectivity index (χ2n) is 8.97. The molecule has 5 nitrogen and oxygen atoms in total. The van der Waals surface area contributed by atoms with Crippen molar-refractivity contribution in [1.82, 2.24) is 0 Å². The topological polar surface area (TPSA) is 80.7 Å². The molecule has 3 aromatic carbocycles. The highest BCUT2D eigenvalue weighted by atomic mass is 16.5. The van der Waals surface area contributed by atoms with Gasteiger partial charge in [-0.3, -0.25) is 5.41 Å². The first-order valence-corrected chi connectivity index (χ1v) is 12.5. The molecule has 0 fully saturated rings. The van der Waals surface area contributed by atoms with Crippen molar-refractivity contribution in [3.8, 4) is 0 Å². The van der Waals surface area contributed by atoms with Gasteiger partial charge in [-0.15, -0.1) is 0 Å². The Hall–Kier alpha value is -3.28.